The number of aliphatic hydroxyl groups excluding tert-OH is 4. The van der Waals surface area contributed by atoms with E-state index in [1.807, 2.05) is 4.90 Å². The van der Waals surface area contributed by atoms with Gasteiger partial charge in [0.2, 0.25) is 0 Å². The number of hydrogen-bond acceptors (Lipinski definition) is 5. The van der Waals surface area contributed by atoms with Crippen molar-refractivity contribution in [1.29, 1.82) is 0 Å². The van der Waals surface area contributed by atoms with Gasteiger partial charge < -0.3 is 20.4 Å². The van der Waals surface area contributed by atoms with Crippen LogP contribution < -0.4 is 0 Å². The second-order valence-corrected chi connectivity index (χ2v) is 4.15. The van der Waals surface area contributed by atoms with E-state index in [0.29, 0.717) is 6.54 Å². The van der Waals surface area contributed by atoms with Gasteiger partial charge >= 0.3 is 0 Å². The van der Waals surface area contributed by atoms with Crippen LogP contribution in [0.15, 0.2) is 0 Å². The largest absolute Gasteiger partial charge is 0.395 e. The van der Waals surface area contributed by atoms with Crippen LogP contribution in [0.25, 0.3) is 0 Å². The highest BCUT2D eigenvalue weighted by molar-refractivity contribution is 5.85. The van der Waals surface area contributed by atoms with E-state index in [-0.39, 0.29) is 19.0 Å². The molecule has 0 radical (unpaired) electrons. The molecule has 6 heteroatoms. The zero-order valence-electron chi connectivity index (χ0n) is 9.49. The molecular weight excluding hydrogens is 234 g/mol. The van der Waals surface area contributed by atoms with Gasteiger partial charge in [-0.25, -0.2) is 0 Å². The smallest absolute Gasteiger partial charge is 0.109 e. The van der Waals surface area contributed by atoms with Gasteiger partial charge in [-0.3, -0.25) is 4.90 Å². The minimum Gasteiger partial charge on any atom is -0.395 e. The quantitative estimate of drug-likeness (QED) is 0.516. The summed E-state index contributed by atoms with van der Waals surface area (Å²) in [5, 5.41) is 37.8. The molecule has 0 spiro atoms. The molecule has 16 heavy (non-hydrogen) atoms. The van der Waals surface area contributed by atoms with Crippen molar-refractivity contribution in [3.05, 3.63) is 0 Å². The standard InChI is InChI=1S/C10H21NO4.ClH/c1-2-3-4-11-5-8(13)10(15)9(14)7(11)6-12;/h7-10,12-15H,2-6H2,1H3;1H/t7-,8+,9-,10-;/m1./s1. The maximum atomic E-state index is 9.67. The number of halogens is 1. The zero-order valence-corrected chi connectivity index (χ0v) is 10.3. The summed E-state index contributed by atoms with van der Waals surface area (Å²) in [5.74, 6) is 0. The van der Waals surface area contributed by atoms with Gasteiger partial charge in [0.15, 0.2) is 0 Å². The first-order valence-corrected chi connectivity index (χ1v) is 5.51. The van der Waals surface area contributed by atoms with Gasteiger partial charge in [0, 0.05) is 6.54 Å². The van der Waals surface area contributed by atoms with Crippen molar-refractivity contribution in [2.45, 2.75) is 44.1 Å². The van der Waals surface area contributed by atoms with Crippen molar-refractivity contribution >= 4 is 12.4 Å². The van der Waals surface area contributed by atoms with Crippen LogP contribution in [-0.4, -0.2) is 69.4 Å². The summed E-state index contributed by atoms with van der Waals surface area (Å²) in [7, 11) is 0. The molecule has 1 rings (SSSR count). The lowest BCUT2D eigenvalue weighted by molar-refractivity contribution is -0.145. The van der Waals surface area contributed by atoms with Crippen LogP contribution in [0.3, 0.4) is 0 Å². The molecule has 1 fully saturated rings. The van der Waals surface area contributed by atoms with Crippen molar-refractivity contribution in [3.8, 4) is 0 Å². The highest BCUT2D eigenvalue weighted by atomic mass is 35.5. The van der Waals surface area contributed by atoms with Crippen LogP contribution in [0, 0.1) is 0 Å². The Morgan fingerprint density at radius 2 is 1.81 bits per heavy atom. The first-order valence-electron chi connectivity index (χ1n) is 5.51. The normalized spacial score (nSPS) is 35.8. The Hall–Kier alpha value is 0.0900. The molecule has 1 heterocycles. The fourth-order valence-electron chi connectivity index (χ4n) is 2.00. The lowest BCUT2D eigenvalue weighted by Gasteiger charge is -2.43. The van der Waals surface area contributed by atoms with E-state index in [9.17, 15) is 15.3 Å². The Balaban J connectivity index is 0.00000225. The molecule has 0 aromatic rings. The average Bonchev–Trinajstić information content (AvgIpc) is 2.23. The second-order valence-electron chi connectivity index (χ2n) is 4.15. The minimum absolute atomic E-state index is 0. The second kappa shape index (κ2) is 7.42. The minimum atomic E-state index is -1.15. The number of likely N-dealkylation sites (tertiary alicyclic amines) is 1. The number of piperidine rings is 1. The van der Waals surface area contributed by atoms with Gasteiger partial charge in [-0.2, -0.15) is 0 Å². The predicted octanol–water partition coefficient (Wildman–Crippen LogP) is -1.03. The number of nitrogens with zero attached hydrogens (tertiary/aromatic N) is 1. The molecule has 5 nitrogen and oxygen atoms in total. The summed E-state index contributed by atoms with van der Waals surface area (Å²) < 4.78 is 0. The molecule has 0 aromatic carbocycles. The van der Waals surface area contributed by atoms with E-state index in [4.69, 9.17) is 5.11 Å². The maximum Gasteiger partial charge on any atom is 0.109 e. The van der Waals surface area contributed by atoms with Gasteiger partial charge in [-0.1, -0.05) is 13.3 Å². The van der Waals surface area contributed by atoms with Crippen molar-refractivity contribution in [2.24, 2.45) is 0 Å². The van der Waals surface area contributed by atoms with E-state index in [1.165, 1.54) is 0 Å². The number of β-amino-alcohol motifs (C(OH)–C–C–N with tert-alkyl or cyclic N) is 1. The molecule has 0 amide bonds. The Labute approximate surface area is 102 Å². The van der Waals surface area contributed by atoms with Gasteiger partial charge in [0.1, 0.15) is 12.2 Å². The molecule has 1 aliphatic rings. The van der Waals surface area contributed by atoms with Crippen LogP contribution in [0.5, 0.6) is 0 Å². The molecule has 0 bridgehead atoms. The monoisotopic (exact) mass is 255 g/mol. The number of hydrogen-bond donors (Lipinski definition) is 4. The maximum absolute atomic E-state index is 9.67. The highest BCUT2D eigenvalue weighted by Crippen LogP contribution is 2.19. The molecule has 1 saturated heterocycles. The lowest BCUT2D eigenvalue weighted by Crippen LogP contribution is -2.62. The topological polar surface area (TPSA) is 84.2 Å². The van der Waals surface area contributed by atoms with Crippen LogP contribution in [0.4, 0.5) is 0 Å². The van der Waals surface area contributed by atoms with Gasteiger partial charge in [0.25, 0.3) is 0 Å². The third-order valence-corrected chi connectivity index (χ3v) is 3.01. The Morgan fingerprint density at radius 1 is 1.19 bits per heavy atom. The average molecular weight is 256 g/mol. The van der Waals surface area contributed by atoms with Crippen LogP contribution in [0.2, 0.25) is 0 Å². The predicted molar refractivity (Wildman–Crippen MR) is 62.6 cm³/mol. The summed E-state index contributed by atoms with van der Waals surface area (Å²) in [6.07, 6.45) is -1.19. The van der Waals surface area contributed by atoms with E-state index >= 15 is 0 Å². The van der Waals surface area contributed by atoms with Crippen molar-refractivity contribution < 1.29 is 20.4 Å². The molecule has 0 aromatic heterocycles. The highest BCUT2D eigenvalue weighted by Gasteiger charge is 2.40. The first kappa shape index (κ1) is 16.1. The summed E-state index contributed by atoms with van der Waals surface area (Å²) in [5.41, 5.74) is 0. The van der Waals surface area contributed by atoms with Crippen LogP contribution in [-0.2, 0) is 0 Å². The fourth-order valence-corrected chi connectivity index (χ4v) is 2.00. The fraction of sp³-hybridized carbons (Fsp3) is 1.00. The first-order chi connectivity index (χ1) is 7.11. The SMILES string of the molecule is CCCCN1C[C@H](O)[C@@H](O)[C@H](O)[C@H]1CO.Cl. The van der Waals surface area contributed by atoms with Crippen molar-refractivity contribution in [2.75, 3.05) is 19.7 Å². The van der Waals surface area contributed by atoms with Gasteiger partial charge in [0.05, 0.1) is 18.8 Å². The van der Waals surface area contributed by atoms with Crippen molar-refractivity contribution in [1.82, 2.24) is 4.90 Å². The third kappa shape index (κ3) is 3.55. The summed E-state index contributed by atoms with van der Waals surface area (Å²) in [6.45, 7) is 2.89. The molecule has 98 valence electrons. The molecule has 0 saturated carbocycles. The zero-order chi connectivity index (χ0) is 11.4. The molecule has 0 unspecified atom stereocenters. The van der Waals surface area contributed by atoms with Crippen LogP contribution in [0.1, 0.15) is 19.8 Å². The van der Waals surface area contributed by atoms with Gasteiger partial charge in [-0.15, -0.1) is 12.4 Å². The van der Waals surface area contributed by atoms with Crippen molar-refractivity contribution in [3.63, 3.8) is 0 Å². The van der Waals surface area contributed by atoms with E-state index in [1.54, 1.807) is 0 Å². The Morgan fingerprint density at radius 3 is 2.31 bits per heavy atom. The Kier molecular flexibility index (Phi) is 7.46. The number of rotatable bonds is 4. The van der Waals surface area contributed by atoms with E-state index in [2.05, 4.69) is 6.92 Å². The van der Waals surface area contributed by atoms with Gasteiger partial charge in [-0.05, 0) is 13.0 Å². The lowest BCUT2D eigenvalue weighted by atomic mass is 9.94. The molecule has 4 atom stereocenters. The summed E-state index contributed by atoms with van der Waals surface area (Å²) in [4.78, 5) is 1.84. The third-order valence-electron chi connectivity index (χ3n) is 3.01. The number of aliphatic hydroxyl groups is 4. The van der Waals surface area contributed by atoms with Crippen LogP contribution >= 0.6 is 12.4 Å². The Bertz CT molecular complexity index is 196. The summed E-state index contributed by atoms with van der Waals surface area (Å²) >= 11 is 0. The molecule has 1 aliphatic heterocycles. The number of unbranched alkanes of at least 4 members (excludes halogenated alkanes) is 1. The summed E-state index contributed by atoms with van der Waals surface area (Å²) in [6, 6.07) is -0.463. The van der Waals surface area contributed by atoms with E-state index in [0.717, 1.165) is 19.4 Å². The van der Waals surface area contributed by atoms with E-state index < -0.39 is 24.4 Å². The molecular formula is C10H22ClNO4. The molecule has 0 aliphatic carbocycles. The molecule has 4 N–H and O–H groups in total.